The summed E-state index contributed by atoms with van der Waals surface area (Å²) in [5.74, 6) is -0.246. The first kappa shape index (κ1) is 15.4. The van der Waals surface area contributed by atoms with Crippen LogP contribution >= 0.6 is 0 Å². The summed E-state index contributed by atoms with van der Waals surface area (Å²) in [6.45, 7) is 6.15. The van der Waals surface area contributed by atoms with Crippen molar-refractivity contribution < 1.29 is 9.53 Å². The van der Waals surface area contributed by atoms with Gasteiger partial charge in [0.25, 0.3) is 0 Å². The predicted octanol–water partition coefficient (Wildman–Crippen LogP) is 3.02. The molecular weight excluding hydrogens is 202 g/mol. The molecule has 0 aromatic rings. The van der Waals surface area contributed by atoms with Crippen LogP contribution in [0.15, 0.2) is 0 Å². The second-order valence-corrected chi connectivity index (χ2v) is 4.49. The van der Waals surface area contributed by atoms with Gasteiger partial charge in [-0.3, -0.25) is 4.79 Å². The van der Waals surface area contributed by atoms with Crippen LogP contribution in [0.3, 0.4) is 0 Å². The van der Waals surface area contributed by atoms with Gasteiger partial charge in [0, 0.05) is 0 Å². The van der Waals surface area contributed by atoms with Crippen LogP contribution in [-0.2, 0) is 9.53 Å². The number of rotatable bonds is 9. The highest BCUT2D eigenvalue weighted by molar-refractivity contribution is 5.75. The minimum atomic E-state index is -0.442. The lowest BCUT2D eigenvalue weighted by atomic mass is 10.1. The molecular formula is C13H27NO2. The maximum atomic E-state index is 11.5. The molecule has 0 aliphatic rings. The van der Waals surface area contributed by atoms with Crippen molar-refractivity contribution in [2.45, 2.75) is 77.9 Å². The lowest BCUT2D eigenvalue weighted by molar-refractivity contribution is -0.150. The van der Waals surface area contributed by atoms with Crippen LogP contribution in [0.5, 0.6) is 0 Å². The smallest absolute Gasteiger partial charge is 0.323 e. The third-order valence-electron chi connectivity index (χ3n) is 2.68. The first-order chi connectivity index (χ1) is 7.61. The van der Waals surface area contributed by atoms with E-state index in [2.05, 4.69) is 6.92 Å². The van der Waals surface area contributed by atoms with Gasteiger partial charge in [-0.1, -0.05) is 39.5 Å². The molecule has 2 N–H and O–H groups in total. The number of nitrogens with two attached hydrogens (primary N) is 1. The molecule has 2 atom stereocenters. The lowest BCUT2D eigenvalue weighted by Crippen LogP contribution is -2.34. The number of esters is 1. The molecule has 0 saturated heterocycles. The number of hydrogen-bond donors (Lipinski definition) is 1. The quantitative estimate of drug-likeness (QED) is 0.488. The van der Waals surface area contributed by atoms with Gasteiger partial charge in [-0.2, -0.15) is 0 Å². The Labute approximate surface area is 99.7 Å². The molecule has 0 amide bonds. The van der Waals surface area contributed by atoms with Gasteiger partial charge < -0.3 is 10.5 Å². The number of carbonyl (C=O) groups is 1. The van der Waals surface area contributed by atoms with Crippen LogP contribution in [0.25, 0.3) is 0 Å². The minimum Gasteiger partial charge on any atom is -0.462 e. The Kier molecular flexibility index (Phi) is 9.30. The largest absolute Gasteiger partial charge is 0.462 e. The topological polar surface area (TPSA) is 52.3 Å². The average molecular weight is 229 g/mol. The fourth-order valence-electron chi connectivity index (χ4n) is 1.63. The van der Waals surface area contributed by atoms with Crippen molar-refractivity contribution in [3.05, 3.63) is 0 Å². The van der Waals surface area contributed by atoms with Crippen LogP contribution in [0, 0.1) is 0 Å². The Morgan fingerprint density at radius 2 is 1.81 bits per heavy atom. The molecule has 0 rings (SSSR count). The fraction of sp³-hybridized carbons (Fsp3) is 0.923. The third-order valence-corrected chi connectivity index (χ3v) is 2.68. The van der Waals surface area contributed by atoms with Gasteiger partial charge in [-0.15, -0.1) is 0 Å². The Morgan fingerprint density at radius 1 is 1.12 bits per heavy atom. The molecule has 0 bridgehead atoms. The summed E-state index contributed by atoms with van der Waals surface area (Å²) in [5.41, 5.74) is 5.68. The molecule has 0 spiro atoms. The van der Waals surface area contributed by atoms with Gasteiger partial charge in [0.1, 0.15) is 6.04 Å². The summed E-state index contributed by atoms with van der Waals surface area (Å²) >= 11 is 0. The first-order valence-corrected chi connectivity index (χ1v) is 6.57. The monoisotopic (exact) mass is 229 g/mol. The second kappa shape index (κ2) is 9.64. The van der Waals surface area contributed by atoms with Crippen LogP contribution < -0.4 is 5.73 Å². The second-order valence-electron chi connectivity index (χ2n) is 4.49. The van der Waals surface area contributed by atoms with Crippen LogP contribution in [-0.4, -0.2) is 18.1 Å². The van der Waals surface area contributed by atoms with Gasteiger partial charge in [-0.05, 0) is 26.2 Å². The zero-order chi connectivity index (χ0) is 12.4. The lowest BCUT2D eigenvalue weighted by Gasteiger charge is -2.16. The van der Waals surface area contributed by atoms with E-state index in [1.54, 1.807) is 0 Å². The molecule has 2 unspecified atom stereocenters. The first-order valence-electron chi connectivity index (χ1n) is 6.57. The summed E-state index contributed by atoms with van der Waals surface area (Å²) in [6.07, 6.45) is 7.43. The average Bonchev–Trinajstić information content (AvgIpc) is 2.24. The molecule has 0 heterocycles. The SMILES string of the molecule is CCCCCCC(C)OC(=O)C(N)CCC. The Hall–Kier alpha value is -0.570. The maximum absolute atomic E-state index is 11.5. The molecule has 0 saturated carbocycles. The van der Waals surface area contributed by atoms with Crippen LogP contribution in [0.2, 0.25) is 0 Å². The minimum absolute atomic E-state index is 0.00672. The van der Waals surface area contributed by atoms with Crippen molar-refractivity contribution in [2.24, 2.45) is 5.73 Å². The molecule has 0 radical (unpaired) electrons. The van der Waals surface area contributed by atoms with Gasteiger partial charge in [0.05, 0.1) is 6.10 Å². The van der Waals surface area contributed by atoms with Crippen molar-refractivity contribution in [3.8, 4) is 0 Å². The maximum Gasteiger partial charge on any atom is 0.323 e. The van der Waals surface area contributed by atoms with E-state index in [1.165, 1.54) is 19.3 Å². The Balaban J connectivity index is 3.61. The number of unbranched alkanes of at least 4 members (excludes halogenated alkanes) is 3. The molecule has 0 aromatic carbocycles. The van der Waals surface area contributed by atoms with E-state index in [0.29, 0.717) is 6.42 Å². The molecule has 0 aliphatic carbocycles. The number of ether oxygens (including phenoxy) is 1. The van der Waals surface area contributed by atoms with E-state index in [9.17, 15) is 4.79 Å². The van der Waals surface area contributed by atoms with Gasteiger partial charge in [-0.25, -0.2) is 0 Å². The van der Waals surface area contributed by atoms with E-state index in [4.69, 9.17) is 10.5 Å². The van der Waals surface area contributed by atoms with Crippen LogP contribution in [0.4, 0.5) is 0 Å². The van der Waals surface area contributed by atoms with Crippen molar-refractivity contribution in [3.63, 3.8) is 0 Å². The molecule has 3 nitrogen and oxygen atoms in total. The molecule has 0 aliphatic heterocycles. The molecule has 3 heteroatoms. The van der Waals surface area contributed by atoms with Crippen molar-refractivity contribution >= 4 is 5.97 Å². The normalized spacial score (nSPS) is 14.5. The third kappa shape index (κ3) is 7.69. The van der Waals surface area contributed by atoms with E-state index < -0.39 is 6.04 Å². The van der Waals surface area contributed by atoms with Gasteiger partial charge >= 0.3 is 5.97 Å². The zero-order valence-corrected chi connectivity index (χ0v) is 11.0. The molecule has 96 valence electrons. The highest BCUT2D eigenvalue weighted by Crippen LogP contribution is 2.09. The zero-order valence-electron chi connectivity index (χ0n) is 11.0. The predicted molar refractivity (Wildman–Crippen MR) is 67.2 cm³/mol. The van der Waals surface area contributed by atoms with E-state index in [-0.39, 0.29) is 12.1 Å². The van der Waals surface area contributed by atoms with Gasteiger partial charge in [0.15, 0.2) is 0 Å². The molecule has 0 fully saturated rings. The molecule has 0 aromatic heterocycles. The fourth-order valence-corrected chi connectivity index (χ4v) is 1.63. The summed E-state index contributed by atoms with van der Waals surface area (Å²) < 4.78 is 5.28. The highest BCUT2D eigenvalue weighted by atomic mass is 16.5. The van der Waals surface area contributed by atoms with E-state index in [0.717, 1.165) is 19.3 Å². The number of carbonyl (C=O) groups excluding carboxylic acids is 1. The summed E-state index contributed by atoms with van der Waals surface area (Å²) in [5, 5.41) is 0. The summed E-state index contributed by atoms with van der Waals surface area (Å²) in [7, 11) is 0. The van der Waals surface area contributed by atoms with E-state index >= 15 is 0 Å². The van der Waals surface area contributed by atoms with Crippen LogP contribution in [0.1, 0.15) is 65.7 Å². The van der Waals surface area contributed by atoms with Gasteiger partial charge in [0.2, 0.25) is 0 Å². The highest BCUT2D eigenvalue weighted by Gasteiger charge is 2.16. The summed E-state index contributed by atoms with van der Waals surface area (Å²) in [6, 6.07) is -0.442. The number of hydrogen-bond acceptors (Lipinski definition) is 3. The van der Waals surface area contributed by atoms with Crippen molar-refractivity contribution in [2.75, 3.05) is 0 Å². The standard InChI is InChI=1S/C13H27NO2/c1-4-6-7-8-10-11(3)16-13(15)12(14)9-5-2/h11-12H,4-10,14H2,1-3H3. The van der Waals surface area contributed by atoms with E-state index in [1.807, 2.05) is 13.8 Å². The molecule has 16 heavy (non-hydrogen) atoms. The Bertz CT molecular complexity index is 183. The Morgan fingerprint density at radius 3 is 2.38 bits per heavy atom. The van der Waals surface area contributed by atoms with Crippen molar-refractivity contribution in [1.29, 1.82) is 0 Å². The summed E-state index contributed by atoms with van der Waals surface area (Å²) in [4.78, 5) is 11.5. The van der Waals surface area contributed by atoms with Crippen molar-refractivity contribution in [1.82, 2.24) is 0 Å².